The normalized spacial score (nSPS) is 19.9. The first-order chi connectivity index (χ1) is 13.5. The lowest BCUT2D eigenvalue weighted by Crippen LogP contribution is -2.48. The van der Waals surface area contributed by atoms with Crippen molar-refractivity contribution in [2.75, 3.05) is 18.8 Å². The molecule has 0 aliphatic carbocycles. The van der Waals surface area contributed by atoms with Gasteiger partial charge in [0.25, 0.3) is 5.56 Å². The van der Waals surface area contributed by atoms with E-state index in [2.05, 4.69) is 15.1 Å². The van der Waals surface area contributed by atoms with Crippen LogP contribution in [0.15, 0.2) is 46.5 Å². The van der Waals surface area contributed by atoms with Gasteiger partial charge in [-0.2, -0.15) is 5.10 Å². The summed E-state index contributed by atoms with van der Waals surface area (Å²) in [5.74, 6) is 0.208. The molecular formula is C19H21N5O3S. The minimum Gasteiger partial charge on any atom is -0.372 e. The number of rotatable bonds is 4. The van der Waals surface area contributed by atoms with Crippen LogP contribution in [0.2, 0.25) is 0 Å². The summed E-state index contributed by atoms with van der Waals surface area (Å²) in [5, 5.41) is 5.10. The second-order valence-electron chi connectivity index (χ2n) is 6.84. The molecule has 4 rings (SSSR count). The maximum Gasteiger partial charge on any atom is 0.262 e. The van der Waals surface area contributed by atoms with E-state index in [0.29, 0.717) is 29.3 Å². The van der Waals surface area contributed by atoms with Gasteiger partial charge in [-0.15, -0.1) is 0 Å². The molecule has 1 N–H and O–H groups in total. The topological polar surface area (TPSA) is 93.1 Å². The number of nitrogens with one attached hydrogen (secondary N) is 1. The number of benzene rings is 1. The number of nitrogens with zero attached hydrogens (tertiary/aromatic N) is 4. The molecule has 0 unspecified atom stereocenters. The van der Waals surface area contributed by atoms with Crippen LogP contribution in [0.4, 0.5) is 0 Å². The van der Waals surface area contributed by atoms with Gasteiger partial charge in [-0.05, 0) is 26.0 Å². The van der Waals surface area contributed by atoms with Crippen LogP contribution in [0.3, 0.4) is 0 Å². The number of amides is 1. The molecule has 9 heteroatoms. The van der Waals surface area contributed by atoms with Crippen molar-refractivity contribution >= 4 is 28.7 Å². The summed E-state index contributed by atoms with van der Waals surface area (Å²) in [6.07, 6.45) is 1.55. The molecule has 146 valence electrons. The van der Waals surface area contributed by atoms with Crippen LogP contribution in [0.1, 0.15) is 13.8 Å². The highest BCUT2D eigenvalue weighted by Gasteiger charge is 2.26. The first kappa shape index (κ1) is 18.7. The van der Waals surface area contributed by atoms with E-state index in [1.807, 2.05) is 44.2 Å². The molecule has 3 heterocycles. The third kappa shape index (κ3) is 3.81. The molecule has 1 saturated heterocycles. The average Bonchev–Trinajstić information content (AvgIpc) is 3.10. The van der Waals surface area contributed by atoms with Gasteiger partial charge < -0.3 is 14.6 Å². The molecule has 3 aromatic rings. The number of para-hydroxylation sites is 1. The Morgan fingerprint density at radius 1 is 1.25 bits per heavy atom. The summed E-state index contributed by atoms with van der Waals surface area (Å²) in [7, 11) is 0. The van der Waals surface area contributed by atoms with Gasteiger partial charge in [0.15, 0.2) is 10.8 Å². The number of H-pyrrole nitrogens is 1. The van der Waals surface area contributed by atoms with Crippen molar-refractivity contribution < 1.29 is 9.53 Å². The van der Waals surface area contributed by atoms with Crippen LogP contribution in [0.25, 0.3) is 16.7 Å². The lowest BCUT2D eigenvalue weighted by molar-refractivity contribution is -0.140. The van der Waals surface area contributed by atoms with Crippen molar-refractivity contribution in [3.8, 4) is 5.69 Å². The Morgan fingerprint density at radius 2 is 1.96 bits per heavy atom. The summed E-state index contributed by atoms with van der Waals surface area (Å²) < 4.78 is 7.30. The van der Waals surface area contributed by atoms with Gasteiger partial charge in [-0.3, -0.25) is 9.59 Å². The van der Waals surface area contributed by atoms with Crippen molar-refractivity contribution in [1.29, 1.82) is 0 Å². The van der Waals surface area contributed by atoms with Gasteiger partial charge in [-0.25, -0.2) is 9.67 Å². The third-order valence-electron chi connectivity index (χ3n) is 4.52. The number of thioether (sulfide) groups is 1. The Kier molecular flexibility index (Phi) is 5.19. The number of carbonyl (C=O) groups is 1. The summed E-state index contributed by atoms with van der Waals surface area (Å²) in [5.41, 5.74) is 1.02. The Labute approximate surface area is 165 Å². The molecule has 1 aliphatic heterocycles. The SMILES string of the molecule is C[C@@H]1CN(C(=O)CSc2nc3c(cnn3-c3ccccc3)c(=O)[nH]2)C[C@@H](C)O1. The van der Waals surface area contributed by atoms with Gasteiger partial charge in [0.1, 0.15) is 5.39 Å². The van der Waals surface area contributed by atoms with E-state index in [1.165, 1.54) is 18.0 Å². The predicted molar refractivity (Wildman–Crippen MR) is 107 cm³/mol. The van der Waals surface area contributed by atoms with Gasteiger partial charge in [-0.1, -0.05) is 30.0 Å². The van der Waals surface area contributed by atoms with Crippen molar-refractivity contribution in [2.24, 2.45) is 0 Å². The Morgan fingerprint density at radius 3 is 2.68 bits per heavy atom. The summed E-state index contributed by atoms with van der Waals surface area (Å²) in [4.78, 5) is 34.0. The molecule has 8 nitrogen and oxygen atoms in total. The van der Waals surface area contributed by atoms with E-state index in [9.17, 15) is 9.59 Å². The van der Waals surface area contributed by atoms with E-state index < -0.39 is 0 Å². The van der Waals surface area contributed by atoms with Crippen molar-refractivity contribution in [3.63, 3.8) is 0 Å². The van der Waals surface area contributed by atoms with Crippen molar-refractivity contribution in [1.82, 2.24) is 24.6 Å². The molecule has 0 saturated carbocycles. The Bertz CT molecular complexity index is 1040. The lowest BCUT2D eigenvalue weighted by Gasteiger charge is -2.35. The first-order valence-electron chi connectivity index (χ1n) is 9.11. The van der Waals surface area contributed by atoms with E-state index in [0.717, 1.165) is 5.69 Å². The molecule has 0 radical (unpaired) electrons. The fraction of sp³-hybridized carbons (Fsp3) is 0.368. The molecule has 1 fully saturated rings. The zero-order valence-electron chi connectivity index (χ0n) is 15.7. The van der Waals surface area contributed by atoms with Crippen LogP contribution >= 0.6 is 11.8 Å². The molecule has 2 atom stereocenters. The molecule has 1 amide bonds. The minimum atomic E-state index is -0.268. The van der Waals surface area contributed by atoms with Crippen LogP contribution in [0, 0.1) is 0 Å². The number of carbonyl (C=O) groups excluding carboxylic acids is 1. The van der Waals surface area contributed by atoms with E-state index in [4.69, 9.17) is 4.74 Å². The lowest BCUT2D eigenvalue weighted by atomic mass is 10.2. The molecule has 1 aliphatic rings. The third-order valence-corrected chi connectivity index (χ3v) is 5.38. The Balaban J connectivity index is 1.54. The minimum absolute atomic E-state index is 0.00585. The number of morpholine rings is 1. The van der Waals surface area contributed by atoms with Gasteiger partial charge >= 0.3 is 0 Å². The van der Waals surface area contributed by atoms with E-state index in [1.54, 1.807) is 9.58 Å². The van der Waals surface area contributed by atoms with Gasteiger partial charge in [0, 0.05) is 13.1 Å². The maximum atomic E-state index is 12.6. The van der Waals surface area contributed by atoms with Gasteiger partial charge in [0.2, 0.25) is 5.91 Å². The van der Waals surface area contributed by atoms with Crippen LogP contribution in [-0.2, 0) is 9.53 Å². The average molecular weight is 399 g/mol. The van der Waals surface area contributed by atoms with Crippen LogP contribution in [0.5, 0.6) is 0 Å². The van der Waals surface area contributed by atoms with Crippen molar-refractivity contribution in [3.05, 3.63) is 46.9 Å². The fourth-order valence-corrected chi connectivity index (χ4v) is 4.09. The van der Waals surface area contributed by atoms with E-state index >= 15 is 0 Å². The molecular weight excluding hydrogens is 378 g/mol. The molecule has 1 aromatic carbocycles. The van der Waals surface area contributed by atoms with Crippen LogP contribution < -0.4 is 5.56 Å². The Hall–Kier alpha value is -2.65. The number of ether oxygens (including phenoxy) is 1. The number of hydrogen-bond acceptors (Lipinski definition) is 6. The smallest absolute Gasteiger partial charge is 0.262 e. The van der Waals surface area contributed by atoms with Crippen molar-refractivity contribution in [2.45, 2.75) is 31.2 Å². The first-order valence-corrected chi connectivity index (χ1v) is 10.1. The zero-order valence-corrected chi connectivity index (χ0v) is 16.5. The number of aromatic amines is 1. The summed E-state index contributed by atoms with van der Waals surface area (Å²) in [6.45, 7) is 5.07. The van der Waals surface area contributed by atoms with Gasteiger partial charge in [0.05, 0.1) is 29.8 Å². The second kappa shape index (κ2) is 7.76. The molecule has 0 bridgehead atoms. The quantitative estimate of drug-likeness (QED) is 0.532. The standard InChI is InChI=1S/C19H21N5O3S/c1-12-9-23(10-13(2)27-12)16(25)11-28-19-21-17-15(18(26)22-19)8-20-24(17)14-6-4-3-5-7-14/h3-8,12-13H,9-11H2,1-2H3,(H,21,22,26)/t12-,13-/m1/s1. The highest BCUT2D eigenvalue weighted by molar-refractivity contribution is 7.99. The highest BCUT2D eigenvalue weighted by atomic mass is 32.2. The van der Waals surface area contributed by atoms with Crippen LogP contribution in [-0.4, -0.2) is 61.6 Å². The number of hydrogen-bond donors (Lipinski definition) is 1. The summed E-state index contributed by atoms with van der Waals surface area (Å²) >= 11 is 1.22. The second-order valence-corrected chi connectivity index (χ2v) is 7.81. The highest BCUT2D eigenvalue weighted by Crippen LogP contribution is 2.19. The molecule has 2 aromatic heterocycles. The number of fused-ring (bicyclic) bond motifs is 1. The maximum absolute atomic E-state index is 12.6. The molecule has 0 spiro atoms. The fourth-order valence-electron chi connectivity index (χ4n) is 3.33. The predicted octanol–water partition coefficient (Wildman–Crippen LogP) is 1.84. The summed E-state index contributed by atoms with van der Waals surface area (Å²) in [6, 6.07) is 9.50. The zero-order chi connectivity index (χ0) is 19.7. The van der Waals surface area contributed by atoms with E-state index in [-0.39, 0.29) is 29.4 Å². The number of aromatic nitrogens is 4. The monoisotopic (exact) mass is 399 g/mol. The molecule has 28 heavy (non-hydrogen) atoms. The largest absolute Gasteiger partial charge is 0.372 e.